The van der Waals surface area contributed by atoms with Crippen LogP contribution in [-0.4, -0.2) is 47.7 Å². The van der Waals surface area contributed by atoms with Crippen molar-refractivity contribution in [3.63, 3.8) is 0 Å². The number of fused-ring (bicyclic) bond motifs is 1. The lowest BCUT2D eigenvalue weighted by molar-refractivity contribution is 0.0642. The Morgan fingerprint density at radius 1 is 1.04 bits per heavy atom. The van der Waals surface area contributed by atoms with E-state index in [0.717, 1.165) is 18.5 Å². The number of aromatic nitrogens is 1. The lowest BCUT2D eigenvalue weighted by Gasteiger charge is -2.13. The van der Waals surface area contributed by atoms with Crippen molar-refractivity contribution in [1.29, 1.82) is 0 Å². The standard InChI is InChI=1S/C19H20N4O3/c1-20-7-2-8-22-17(24)14-3-4-15-16(11-14)19(26)23(18(15)25)12-13-5-9-21-10-6-13/h3-6,9-11,20H,2,7-8,12H2,1H3,(H,22,24). The Kier molecular flexibility index (Phi) is 5.38. The number of hydrogen-bond donors (Lipinski definition) is 2. The number of nitrogens with zero attached hydrogens (tertiary/aromatic N) is 2. The molecule has 2 N–H and O–H groups in total. The Hall–Kier alpha value is -3.06. The van der Waals surface area contributed by atoms with Gasteiger partial charge in [-0.05, 0) is 55.9 Å². The van der Waals surface area contributed by atoms with E-state index in [1.807, 2.05) is 7.05 Å². The van der Waals surface area contributed by atoms with Gasteiger partial charge in [0.05, 0.1) is 17.7 Å². The molecule has 0 spiro atoms. The highest BCUT2D eigenvalue weighted by atomic mass is 16.2. The van der Waals surface area contributed by atoms with E-state index in [9.17, 15) is 14.4 Å². The molecule has 0 atom stereocenters. The Labute approximate surface area is 151 Å². The minimum Gasteiger partial charge on any atom is -0.352 e. The highest BCUT2D eigenvalue weighted by Crippen LogP contribution is 2.25. The van der Waals surface area contributed by atoms with E-state index in [0.29, 0.717) is 17.7 Å². The first-order valence-corrected chi connectivity index (χ1v) is 8.43. The fourth-order valence-electron chi connectivity index (χ4n) is 2.82. The van der Waals surface area contributed by atoms with E-state index in [2.05, 4.69) is 15.6 Å². The summed E-state index contributed by atoms with van der Waals surface area (Å²) < 4.78 is 0. The number of hydrogen-bond acceptors (Lipinski definition) is 5. The third-order valence-corrected chi connectivity index (χ3v) is 4.21. The summed E-state index contributed by atoms with van der Waals surface area (Å²) in [5.74, 6) is -0.980. The molecular formula is C19H20N4O3. The molecule has 0 radical (unpaired) electrons. The van der Waals surface area contributed by atoms with Gasteiger partial charge >= 0.3 is 0 Å². The molecule has 2 aromatic rings. The van der Waals surface area contributed by atoms with Gasteiger partial charge in [-0.25, -0.2) is 0 Å². The molecule has 1 aromatic heterocycles. The summed E-state index contributed by atoms with van der Waals surface area (Å²) in [6.45, 7) is 1.53. The number of carbonyl (C=O) groups is 3. The number of pyridine rings is 1. The molecule has 0 bridgehead atoms. The monoisotopic (exact) mass is 352 g/mol. The fraction of sp³-hybridized carbons (Fsp3) is 0.263. The van der Waals surface area contributed by atoms with Crippen molar-refractivity contribution in [2.75, 3.05) is 20.1 Å². The number of rotatable bonds is 7. The lowest BCUT2D eigenvalue weighted by atomic mass is 10.1. The van der Waals surface area contributed by atoms with Crippen LogP contribution in [0, 0.1) is 0 Å². The normalized spacial score (nSPS) is 13.0. The van der Waals surface area contributed by atoms with E-state index < -0.39 is 0 Å². The van der Waals surface area contributed by atoms with Crippen LogP contribution in [0.25, 0.3) is 0 Å². The zero-order valence-electron chi connectivity index (χ0n) is 14.5. The van der Waals surface area contributed by atoms with E-state index in [1.54, 1.807) is 36.7 Å². The SMILES string of the molecule is CNCCCNC(=O)c1ccc2c(c1)C(=O)N(Cc1ccncc1)C2=O. The zero-order valence-corrected chi connectivity index (χ0v) is 14.5. The van der Waals surface area contributed by atoms with Gasteiger partial charge in [0.1, 0.15) is 0 Å². The Balaban J connectivity index is 1.74. The van der Waals surface area contributed by atoms with Crippen molar-refractivity contribution in [2.45, 2.75) is 13.0 Å². The summed E-state index contributed by atoms with van der Waals surface area (Å²) in [7, 11) is 1.85. The summed E-state index contributed by atoms with van der Waals surface area (Å²) in [4.78, 5) is 42.5. The molecule has 26 heavy (non-hydrogen) atoms. The highest BCUT2D eigenvalue weighted by Gasteiger charge is 2.35. The molecule has 3 rings (SSSR count). The summed E-state index contributed by atoms with van der Waals surface area (Å²) in [5.41, 5.74) is 1.79. The average molecular weight is 352 g/mol. The molecule has 2 heterocycles. The first-order chi connectivity index (χ1) is 12.6. The predicted octanol–water partition coefficient (Wildman–Crippen LogP) is 1.22. The molecule has 0 fully saturated rings. The number of benzene rings is 1. The van der Waals surface area contributed by atoms with Crippen molar-refractivity contribution in [2.24, 2.45) is 0 Å². The van der Waals surface area contributed by atoms with Crippen molar-refractivity contribution in [3.8, 4) is 0 Å². The van der Waals surface area contributed by atoms with Crippen molar-refractivity contribution < 1.29 is 14.4 Å². The van der Waals surface area contributed by atoms with Crippen LogP contribution in [0.5, 0.6) is 0 Å². The maximum absolute atomic E-state index is 12.6. The van der Waals surface area contributed by atoms with Crippen LogP contribution < -0.4 is 10.6 Å². The van der Waals surface area contributed by atoms with Crippen LogP contribution in [-0.2, 0) is 6.54 Å². The van der Waals surface area contributed by atoms with Gasteiger partial charge in [0.15, 0.2) is 0 Å². The number of imide groups is 1. The second-order valence-corrected chi connectivity index (χ2v) is 6.03. The number of nitrogens with one attached hydrogen (secondary N) is 2. The fourth-order valence-corrected chi connectivity index (χ4v) is 2.82. The molecular weight excluding hydrogens is 332 g/mol. The molecule has 0 aliphatic carbocycles. The summed E-state index contributed by atoms with van der Waals surface area (Å²) in [5, 5.41) is 5.81. The molecule has 1 aromatic carbocycles. The molecule has 0 saturated carbocycles. The number of carbonyl (C=O) groups excluding carboxylic acids is 3. The van der Waals surface area contributed by atoms with E-state index in [1.165, 1.54) is 11.0 Å². The second-order valence-electron chi connectivity index (χ2n) is 6.03. The quantitative estimate of drug-likeness (QED) is 0.577. The molecule has 3 amide bonds. The topological polar surface area (TPSA) is 91.4 Å². The van der Waals surface area contributed by atoms with Gasteiger partial charge in [-0.15, -0.1) is 0 Å². The Bertz CT molecular complexity index is 836. The van der Waals surface area contributed by atoms with Crippen LogP contribution in [0.15, 0.2) is 42.7 Å². The predicted molar refractivity (Wildman–Crippen MR) is 95.8 cm³/mol. The lowest BCUT2D eigenvalue weighted by Crippen LogP contribution is -2.29. The zero-order chi connectivity index (χ0) is 18.5. The van der Waals surface area contributed by atoms with E-state index >= 15 is 0 Å². The van der Waals surface area contributed by atoms with E-state index in [4.69, 9.17) is 0 Å². The van der Waals surface area contributed by atoms with Gasteiger partial charge in [0, 0.05) is 24.5 Å². The third-order valence-electron chi connectivity index (χ3n) is 4.21. The maximum Gasteiger partial charge on any atom is 0.261 e. The van der Waals surface area contributed by atoms with Gasteiger partial charge in [0.25, 0.3) is 17.7 Å². The van der Waals surface area contributed by atoms with Crippen molar-refractivity contribution in [3.05, 3.63) is 65.0 Å². The molecule has 1 aliphatic rings. The Morgan fingerprint density at radius 3 is 2.50 bits per heavy atom. The van der Waals surface area contributed by atoms with Crippen LogP contribution in [0.2, 0.25) is 0 Å². The van der Waals surface area contributed by atoms with Crippen LogP contribution in [0.3, 0.4) is 0 Å². The second kappa shape index (κ2) is 7.88. The maximum atomic E-state index is 12.6. The summed E-state index contributed by atoms with van der Waals surface area (Å²) in [6.07, 6.45) is 4.04. The number of amides is 3. The molecule has 0 saturated heterocycles. The van der Waals surface area contributed by atoms with E-state index in [-0.39, 0.29) is 29.8 Å². The molecule has 134 valence electrons. The smallest absolute Gasteiger partial charge is 0.261 e. The van der Waals surface area contributed by atoms with Gasteiger partial charge in [-0.2, -0.15) is 0 Å². The summed E-state index contributed by atoms with van der Waals surface area (Å²) in [6, 6.07) is 8.13. The van der Waals surface area contributed by atoms with Crippen LogP contribution >= 0.6 is 0 Å². The minimum atomic E-state index is -0.383. The van der Waals surface area contributed by atoms with Gasteiger partial charge in [-0.1, -0.05) is 0 Å². The molecule has 7 heteroatoms. The van der Waals surface area contributed by atoms with Gasteiger partial charge in [-0.3, -0.25) is 24.3 Å². The largest absolute Gasteiger partial charge is 0.352 e. The first-order valence-electron chi connectivity index (χ1n) is 8.43. The van der Waals surface area contributed by atoms with Crippen molar-refractivity contribution >= 4 is 17.7 Å². The van der Waals surface area contributed by atoms with Crippen LogP contribution in [0.1, 0.15) is 43.1 Å². The van der Waals surface area contributed by atoms with Crippen LogP contribution in [0.4, 0.5) is 0 Å². The molecule has 7 nitrogen and oxygen atoms in total. The molecule has 0 unspecified atom stereocenters. The first kappa shape index (κ1) is 17.8. The van der Waals surface area contributed by atoms with Gasteiger partial charge < -0.3 is 10.6 Å². The average Bonchev–Trinajstić information content (AvgIpc) is 2.90. The Morgan fingerprint density at radius 2 is 1.77 bits per heavy atom. The summed E-state index contributed by atoms with van der Waals surface area (Å²) >= 11 is 0. The minimum absolute atomic E-state index is 0.181. The van der Waals surface area contributed by atoms with Crippen molar-refractivity contribution in [1.82, 2.24) is 20.5 Å². The third kappa shape index (κ3) is 3.62. The van der Waals surface area contributed by atoms with Gasteiger partial charge in [0.2, 0.25) is 0 Å². The molecule has 1 aliphatic heterocycles. The highest BCUT2D eigenvalue weighted by molar-refractivity contribution is 6.22.